The third-order valence-electron chi connectivity index (χ3n) is 1.25. The maximum atomic E-state index is 12.0. The summed E-state index contributed by atoms with van der Waals surface area (Å²) >= 11 is 0. The Bertz CT molecular complexity index is 152. The summed E-state index contributed by atoms with van der Waals surface area (Å²) in [4.78, 5) is 0. The lowest BCUT2D eigenvalue weighted by Gasteiger charge is -2.18. The summed E-state index contributed by atoms with van der Waals surface area (Å²) < 4.78 is 61.8. The molecule has 0 spiro atoms. The molecule has 88 valence electrons. The molecule has 2 nitrogen and oxygen atoms in total. The van der Waals surface area contributed by atoms with Gasteiger partial charge in [0.1, 0.15) is 0 Å². The van der Waals surface area contributed by atoms with Crippen molar-refractivity contribution in [1.82, 2.24) is 0 Å². The lowest BCUT2D eigenvalue weighted by molar-refractivity contribution is -0.627. The number of ether oxygens (including phenoxy) is 1. The van der Waals surface area contributed by atoms with Crippen LogP contribution in [0.25, 0.3) is 0 Å². The zero-order valence-corrected chi connectivity index (χ0v) is 8.13. The second-order valence-electron chi connectivity index (χ2n) is 2.41. The Morgan fingerprint density at radius 2 is 1.64 bits per heavy atom. The Labute approximate surface area is 84.2 Å². The van der Waals surface area contributed by atoms with E-state index in [4.69, 9.17) is 0 Å². The highest BCUT2D eigenvalue weighted by molar-refractivity contribution is 4.63. The molecular weight excluding hydrogens is 233 g/mol. The summed E-state index contributed by atoms with van der Waals surface area (Å²) in [6.45, 7) is -0.148. The summed E-state index contributed by atoms with van der Waals surface area (Å²) in [6.07, 6.45) is -10.5. The van der Waals surface area contributed by atoms with Gasteiger partial charge in [0.2, 0.25) is 0 Å². The van der Waals surface area contributed by atoms with E-state index in [9.17, 15) is 22.0 Å². The van der Waals surface area contributed by atoms with Crippen molar-refractivity contribution in [1.29, 1.82) is 0 Å². The number of nitrogens with two attached hydrogens (primary N) is 1. The molecule has 0 fully saturated rings. The van der Waals surface area contributed by atoms with Crippen LogP contribution in [-0.4, -0.2) is 32.5 Å². The number of hydrogen-bond donors (Lipinski definition) is 1. The summed E-state index contributed by atoms with van der Waals surface area (Å²) in [6, 6.07) is 0. The van der Waals surface area contributed by atoms with E-state index < -0.39 is 18.9 Å². The molecule has 2 N–H and O–H groups in total. The fourth-order valence-electron chi connectivity index (χ4n) is 0.570. The second kappa shape index (κ2) is 6.36. The average molecular weight is 244 g/mol. The van der Waals surface area contributed by atoms with Gasteiger partial charge < -0.3 is 22.5 Å². The monoisotopic (exact) mass is 243 g/mol. The molecule has 0 aromatic rings. The van der Waals surface area contributed by atoms with Crippen LogP contribution >= 0.6 is 0 Å². The van der Waals surface area contributed by atoms with Gasteiger partial charge >= 0.3 is 12.3 Å². The van der Waals surface area contributed by atoms with Crippen molar-refractivity contribution in [3.63, 3.8) is 0 Å². The van der Waals surface area contributed by atoms with Crippen molar-refractivity contribution in [2.24, 2.45) is 0 Å². The van der Waals surface area contributed by atoms with Gasteiger partial charge in [-0.2, -0.15) is 22.0 Å². The highest BCUT2D eigenvalue weighted by atomic mass is 35.5. The van der Waals surface area contributed by atoms with Crippen LogP contribution in [0.3, 0.4) is 0 Å². The van der Waals surface area contributed by atoms with Crippen molar-refractivity contribution in [3.05, 3.63) is 0 Å². The van der Waals surface area contributed by atoms with Gasteiger partial charge in [-0.3, -0.25) is 0 Å². The minimum Gasteiger partial charge on any atom is -1.00 e. The first kappa shape index (κ1) is 16.3. The molecule has 0 saturated heterocycles. The molecule has 0 amide bonds. The molecule has 0 heterocycles. The number of rotatable bonds is 5. The molecule has 0 aliphatic rings. The minimum absolute atomic E-state index is 0. The van der Waals surface area contributed by atoms with Gasteiger partial charge in [0.25, 0.3) is 0 Å². The first-order valence-corrected chi connectivity index (χ1v) is 3.67. The highest BCUT2D eigenvalue weighted by Crippen LogP contribution is 2.36. The SMILES string of the molecule is C[NH2+]CCCOC(F)(F)C(F)(F)F.[Cl-]. The van der Waals surface area contributed by atoms with Gasteiger partial charge in [-0.1, -0.05) is 0 Å². The smallest absolute Gasteiger partial charge is 0.482 e. The van der Waals surface area contributed by atoms with E-state index in [-0.39, 0.29) is 18.8 Å². The van der Waals surface area contributed by atoms with Crippen molar-refractivity contribution in [2.75, 3.05) is 20.2 Å². The van der Waals surface area contributed by atoms with Crippen molar-refractivity contribution in [2.45, 2.75) is 18.7 Å². The molecule has 14 heavy (non-hydrogen) atoms. The van der Waals surface area contributed by atoms with Crippen LogP contribution in [0.15, 0.2) is 0 Å². The first-order valence-electron chi connectivity index (χ1n) is 3.67. The predicted molar refractivity (Wildman–Crippen MR) is 34.3 cm³/mol. The van der Waals surface area contributed by atoms with Gasteiger partial charge in [-0.15, -0.1) is 0 Å². The molecular formula is C6H11ClF5NO. The van der Waals surface area contributed by atoms with Gasteiger partial charge in [-0.25, -0.2) is 0 Å². The fourth-order valence-corrected chi connectivity index (χ4v) is 0.570. The van der Waals surface area contributed by atoms with Crippen molar-refractivity contribution in [3.8, 4) is 0 Å². The molecule has 0 aliphatic carbocycles. The third kappa shape index (κ3) is 5.56. The summed E-state index contributed by atoms with van der Waals surface area (Å²) in [5.41, 5.74) is 0. The van der Waals surface area contributed by atoms with Crippen LogP contribution in [0, 0.1) is 0 Å². The Morgan fingerprint density at radius 3 is 2.00 bits per heavy atom. The summed E-state index contributed by atoms with van der Waals surface area (Å²) in [5.74, 6) is 0. The van der Waals surface area contributed by atoms with E-state index in [0.717, 1.165) is 0 Å². The van der Waals surface area contributed by atoms with E-state index in [1.54, 1.807) is 12.4 Å². The molecule has 0 saturated carbocycles. The number of alkyl halides is 5. The maximum absolute atomic E-state index is 12.0. The number of hydrogen-bond acceptors (Lipinski definition) is 1. The van der Waals surface area contributed by atoms with Crippen LogP contribution in [0.5, 0.6) is 0 Å². The predicted octanol–water partition coefficient (Wildman–Crippen LogP) is -2.25. The Kier molecular flexibility index (Phi) is 7.41. The second-order valence-corrected chi connectivity index (χ2v) is 2.41. The Hall–Kier alpha value is -0.140. The maximum Gasteiger partial charge on any atom is 0.482 e. The molecule has 0 radical (unpaired) electrons. The first-order chi connectivity index (χ1) is 5.81. The van der Waals surface area contributed by atoms with Gasteiger partial charge in [-0.05, 0) is 0 Å². The zero-order chi connectivity index (χ0) is 10.5. The van der Waals surface area contributed by atoms with E-state index in [0.29, 0.717) is 6.54 Å². The van der Waals surface area contributed by atoms with Gasteiger partial charge in [0, 0.05) is 6.42 Å². The average Bonchev–Trinajstić information content (AvgIpc) is 1.96. The van der Waals surface area contributed by atoms with E-state index in [1.807, 2.05) is 0 Å². The topological polar surface area (TPSA) is 25.8 Å². The lowest BCUT2D eigenvalue weighted by atomic mass is 10.4. The van der Waals surface area contributed by atoms with E-state index >= 15 is 0 Å². The molecule has 0 aliphatic heterocycles. The van der Waals surface area contributed by atoms with Gasteiger partial charge in [0.15, 0.2) is 0 Å². The molecule has 0 aromatic carbocycles. The largest absolute Gasteiger partial charge is 1.00 e. The number of halogens is 6. The Morgan fingerprint density at radius 1 is 1.14 bits per heavy atom. The van der Waals surface area contributed by atoms with Crippen LogP contribution in [-0.2, 0) is 4.74 Å². The van der Waals surface area contributed by atoms with Crippen LogP contribution in [0.1, 0.15) is 6.42 Å². The Balaban J connectivity index is 0. The molecule has 8 heteroatoms. The molecule has 0 atom stereocenters. The quantitative estimate of drug-likeness (QED) is 0.428. The third-order valence-corrected chi connectivity index (χ3v) is 1.25. The fraction of sp³-hybridized carbons (Fsp3) is 1.00. The standard InChI is InChI=1S/C6H10F5NO.ClH/c1-12-3-2-4-13-6(10,11)5(7,8)9;/h12H,2-4H2,1H3;1H. The van der Waals surface area contributed by atoms with E-state index in [1.165, 1.54) is 0 Å². The zero-order valence-electron chi connectivity index (χ0n) is 7.37. The van der Waals surface area contributed by atoms with Crippen LogP contribution in [0.4, 0.5) is 22.0 Å². The van der Waals surface area contributed by atoms with Gasteiger partial charge in [0.05, 0.1) is 20.2 Å². The molecule has 0 bridgehead atoms. The van der Waals surface area contributed by atoms with Crippen molar-refractivity contribution >= 4 is 0 Å². The van der Waals surface area contributed by atoms with E-state index in [2.05, 4.69) is 4.74 Å². The summed E-state index contributed by atoms with van der Waals surface area (Å²) in [5, 5.41) is 1.66. The number of quaternary nitrogens is 1. The molecule has 0 rings (SSSR count). The molecule has 0 unspecified atom stereocenters. The minimum atomic E-state index is -5.62. The summed E-state index contributed by atoms with van der Waals surface area (Å²) in [7, 11) is 1.68. The van der Waals surface area contributed by atoms with Crippen LogP contribution < -0.4 is 17.7 Å². The molecule has 0 aromatic heterocycles. The van der Waals surface area contributed by atoms with Crippen molar-refractivity contribution < 1.29 is 44.4 Å². The lowest BCUT2D eigenvalue weighted by Crippen LogP contribution is -3.00. The highest BCUT2D eigenvalue weighted by Gasteiger charge is 2.59. The van der Waals surface area contributed by atoms with Crippen LogP contribution in [0.2, 0.25) is 0 Å². The normalized spacial score (nSPS) is 12.4.